The molecule has 0 aliphatic carbocycles. The second-order valence-corrected chi connectivity index (χ2v) is 5.65. The third kappa shape index (κ3) is 4.04. The average molecular weight is 310 g/mol. The van der Waals surface area contributed by atoms with Gasteiger partial charge < -0.3 is 20.1 Å². The lowest BCUT2D eigenvalue weighted by atomic mass is 10.2. The molecule has 1 aromatic carbocycles. The first-order valence-electron chi connectivity index (χ1n) is 6.54. The zero-order chi connectivity index (χ0) is 15.2. The summed E-state index contributed by atoms with van der Waals surface area (Å²) in [6.07, 6.45) is 0.441. The first-order valence-corrected chi connectivity index (χ1v) is 7.69. The Morgan fingerprint density at radius 2 is 2.19 bits per heavy atom. The Morgan fingerprint density at radius 1 is 1.38 bits per heavy atom. The molecule has 0 aromatic heterocycles. The highest BCUT2D eigenvalue weighted by Crippen LogP contribution is 2.29. The van der Waals surface area contributed by atoms with Gasteiger partial charge in [0.05, 0.1) is 19.9 Å². The number of hydrogen-bond acceptors (Lipinski definition) is 5. The van der Waals surface area contributed by atoms with Crippen LogP contribution in [0.2, 0.25) is 0 Å². The molecule has 114 valence electrons. The number of rotatable bonds is 4. The van der Waals surface area contributed by atoms with E-state index in [2.05, 4.69) is 10.6 Å². The standard InChI is InChI=1S/C14H18N2O4S/c1-19-9-3-4-12(20-2)10(7-9)16-14(18)11-8-21-6-5-13(17)15-11/h3-4,7,11H,5-6,8H2,1-2H3,(H,15,17)(H,16,18). The molecule has 1 unspecified atom stereocenters. The Hall–Kier alpha value is -1.89. The zero-order valence-electron chi connectivity index (χ0n) is 12.0. The summed E-state index contributed by atoms with van der Waals surface area (Å²) >= 11 is 1.58. The number of ether oxygens (including phenoxy) is 2. The maximum absolute atomic E-state index is 12.3. The van der Waals surface area contributed by atoms with E-state index in [1.807, 2.05) is 0 Å². The van der Waals surface area contributed by atoms with E-state index in [9.17, 15) is 9.59 Å². The molecule has 1 saturated heterocycles. The van der Waals surface area contributed by atoms with Gasteiger partial charge in [-0.15, -0.1) is 0 Å². The molecule has 2 rings (SSSR count). The molecule has 0 spiro atoms. The molecule has 1 aliphatic heterocycles. The largest absolute Gasteiger partial charge is 0.497 e. The molecule has 0 bridgehead atoms. The van der Waals surface area contributed by atoms with Crippen LogP contribution in [0.4, 0.5) is 5.69 Å². The van der Waals surface area contributed by atoms with E-state index in [0.29, 0.717) is 29.4 Å². The van der Waals surface area contributed by atoms with Gasteiger partial charge in [-0.25, -0.2) is 0 Å². The van der Waals surface area contributed by atoms with E-state index in [-0.39, 0.29) is 11.8 Å². The lowest BCUT2D eigenvalue weighted by Gasteiger charge is -2.17. The van der Waals surface area contributed by atoms with Crippen molar-refractivity contribution in [3.8, 4) is 11.5 Å². The number of benzene rings is 1. The van der Waals surface area contributed by atoms with Crippen molar-refractivity contribution in [2.75, 3.05) is 31.0 Å². The normalized spacial score (nSPS) is 18.4. The van der Waals surface area contributed by atoms with Gasteiger partial charge in [-0.3, -0.25) is 9.59 Å². The summed E-state index contributed by atoms with van der Waals surface area (Å²) in [4.78, 5) is 23.8. The minimum atomic E-state index is -0.541. The van der Waals surface area contributed by atoms with Crippen molar-refractivity contribution in [1.82, 2.24) is 5.32 Å². The Morgan fingerprint density at radius 3 is 2.90 bits per heavy atom. The summed E-state index contributed by atoms with van der Waals surface area (Å²) in [6.45, 7) is 0. The van der Waals surface area contributed by atoms with E-state index in [0.717, 1.165) is 5.75 Å². The van der Waals surface area contributed by atoms with E-state index in [1.54, 1.807) is 37.1 Å². The third-order valence-electron chi connectivity index (χ3n) is 3.07. The number of methoxy groups -OCH3 is 2. The summed E-state index contributed by atoms with van der Waals surface area (Å²) in [5.41, 5.74) is 0.519. The quantitative estimate of drug-likeness (QED) is 0.875. The molecule has 1 atom stereocenters. The second kappa shape index (κ2) is 7.21. The minimum absolute atomic E-state index is 0.0993. The Kier molecular flexibility index (Phi) is 5.32. The van der Waals surface area contributed by atoms with Gasteiger partial charge in [0.2, 0.25) is 11.8 Å². The SMILES string of the molecule is COc1ccc(OC)c(NC(=O)C2CSCCC(=O)N2)c1. The molecular formula is C14H18N2O4S. The van der Waals surface area contributed by atoms with Gasteiger partial charge in [0.15, 0.2) is 0 Å². The van der Waals surface area contributed by atoms with Crippen LogP contribution in [0.25, 0.3) is 0 Å². The van der Waals surface area contributed by atoms with Crippen LogP contribution in [0.5, 0.6) is 11.5 Å². The van der Waals surface area contributed by atoms with Crippen LogP contribution in [0, 0.1) is 0 Å². The maximum Gasteiger partial charge on any atom is 0.247 e. The molecular weight excluding hydrogens is 292 g/mol. The molecule has 7 heteroatoms. The molecule has 1 fully saturated rings. The van der Waals surface area contributed by atoms with Crippen molar-refractivity contribution in [1.29, 1.82) is 0 Å². The molecule has 0 saturated carbocycles. The number of nitrogens with one attached hydrogen (secondary N) is 2. The summed E-state index contributed by atoms with van der Waals surface area (Å²) in [7, 11) is 3.08. The fourth-order valence-corrected chi connectivity index (χ4v) is 2.91. The monoisotopic (exact) mass is 310 g/mol. The highest BCUT2D eigenvalue weighted by atomic mass is 32.2. The Bertz CT molecular complexity index is 536. The second-order valence-electron chi connectivity index (χ2n) is 4.50. The van der Waals surface area contributed by atoms with Crippen molar-refractivity contribution < 1.29 is 19.1 Å². The van der Waals surface area contributed by atoms with Gasteiger partial charge in [-0.05, 0) is 12.1 Å². The predicted octanol–water partition coefficient (Wildman–Crippen LogP) is 1.26. The molecule has 2 N–H and O–H groups in total. The number of carbonyl (C=O) groups excluding carboxylic acids is 2. The molecule has 2 amide bonds. The van der Waals surface area contributed by atoms with Gasteiger partial charge in [0.1, 0.15) is 17.5 Å². The van der Waals surface area contributed by atoms with Crippen LogP contribution >= 0.6 is 11.8 Å². The average Bonchev–Trinajstić information content (AvgIpc) is 2.71. The van der Waals surface area contributed by atoms with Crippen molar-refractivity contribution >= 4 is 29.3 Å². The third-order valence-corrected chi connectivity index (χ3v) is 4.14. The fraction of sp³-hybridized carbons (Fsp3) is 0.429. The van der Waals surface area contributed by atoms with E-state index in [4.69, 9.17) is 9.47 Å². The summed E-state index contributed by atoms with van der Waals surface area (Å²) in [5, 5.41) is 5.50. The van der Waals surface area contributed by atoms with E-state index >= 15 is 0 Å². The minimum Gasteiger partial charge on any atom is -0.497 e. The number of carbonyl (C=O) groups is 2. The van der Waals surface area contributed by atoms with Gasteiger partial charge in [0.25, 0.3) is 0 Å². The summed E-state index contributed by atoms with van der Waals surface area (Å²) in [5.74, 6) is 2.09. The van der Waals surface area contributed by atoms with Crippen molar-refractivity contribution in [2.45, 2.75) is 12.5 Å². The van der Waals surface area contributed by atoms with Crippen molar-refractivity contribution in [3.05, 3.63) is 18.2 Å². The summed E-state index contributed by atoms with van der Waals surface area (Å²) in [6, 6.07) is 4.61. The predicted molar refractivity (Wildman–Crippen MR) is 82.0 cm³/mol. The molecule has 1 heterocycles. The lowest BCUT2D eigenvalue weighted by Crippen LogP contribution is -2.44. The van der Waals surface area contributed by atoms with E-state index in [1.165, 1.54) is 7.11 Å². The van der Waals surface area contributed by atoms with Gasteiger partial charge in [-0.1, -0.05) is 0 Å². The smallest absolute Gasteiger partial charge is 0.247 e. The highest BCUT2D eigenvalue weighted by Gasteiger charge is 2.24. The van der Waals surface area contributed by atoms with Crippen LogP contribution in [0.1, 0.15) is 6.42 Å². The molecule has 0 radical (unpaired) electrons. The molecule has 1 aromatic rings. The summed E-state index contributed by atoms with van der Waals surface area (Å²) < 4.78 is 10.4. The lowest BCUT2D eigenvalue weighted by molar-refractivity contribution is -0.125. The van der Waals surface area contributed by atoms with Gasteiger partial charge in [-0.2, -0.15) is 11.8 Å². The van der Waals surface area contributed by atoms with Crippen LogP contribution < -0.4 is 20.1 Å². The number of anilines is 1. The Balaban J connectivity index is 2.12. The highest BCUT2D eigenvalue weighted by molar-refractivity contribution is 7.99. The van der Waals surface area contributed by atoms with Crippen LogP contribution in [-0.4, -0.2) is 43.6 Å². The van der Waals surface area contributed by atoms with Crippen LogP contribution in [-0.2, 0) is 9.59 Å². The van der Waals surface area contributed by atoms with E-state index < -0.39 is 6.04 Å². The van der Waals surface area contributed by atoms with Gasteiger partial charge >= 0.3 is 0 Å². The van der Waals surface area contributed by atoms with Crippen LogP contribution in [0.3, 0.4) is 0 Å². The topological polar surface area (TPSA) is 76.7 Å². The van der Waals surface area contributed by atoms with Crippen molar-refractivity contribution in [3.63, 3.8) is 0 Å². The van der Waals surface area contributed by atoms with Gasteiger partial charge in [0, 0.05) is 24.0 Å². The molecule has 21 heavy (non-hydrogen) atoms. The number of amides is 2. The molecule has 1 aliphatic rings. The number of hydrogen-bond donors (Lipinski definition) is 2. The van der Waals surface area contributed by atoms with Crippen LogP contribution in [0.15, 0.2) is 18.2 Å². The Labute approximate surface area is 127 Å². The first-order chi connectivity index (χ1) is 10.1. The fourth-order valence-electron chi connectivity index (χ4n) is 1.95. The first kappa shape index (κ1) is 15.5. The number of thioether (sulfide) groups is 1. The maximum atomic E-state index is 12.3. The van der Waals surface area contributed by atoms with Crippen molar-refractivity contribution in [2.24, 2.45) is 0 Å². The molecule has 6 nitrogen and oxygen atoms in total. The zero-order valence-corrected chi connectivity index (χ0v) is 12.8.